The third kappa shape index (κ3) is 5.88. The number of aromatic nitrogens is 2. The molecule has 236 valence electrons. The zero-order valence-electron chi connectivity index (χ0n) is 26.1. The van der Waals surface area contributed by atoms with Crippen molar-refractivity contribution in [2.24, 2.45) is 4.99 Å². The van der Waals surface area contributed by atoms with E-state index >= 15 is 0 Å². The third-order valence-corrected chi connectivity index (χ3v) is 9.16. The second-order valence-corrected chi connectivity index (χ2v) is 12.1. The molecule has 5 aromatic rings. The van der Waals surface area contributed by atoms with Gasteiger partial charge >= 0.3 is 5.97 Å². The number of benzene rings is 3. The summed E-state index contributed by atoms with van der Waals surface area (Å²) in [6, 6.07) is 20.6. The molecule has 3 heterocycles. The predicted molar refractivity (Wildman–Crippen MR) is 182 cm³/mol. The number of halogens is 1. The van der Waals surface area contributed by atoms with E-state index < -0.39 is 12.0 Å². The standard InChI is InChI=1S/C36H34ClN3O5S/c1-5-43-29-17-16-23(18-30(29)44-6-2)33-32(35(42)45-7-3)22(4)38-36-40(33)34(41)31(46-36)19-25-21-39(28-15-11-9-13-26(25)28)20-24-12-8-10-14-27(24)37/h8-19,21,33H,5-7,20H2,1-4H3/b31-19+. The SMILES string of the molecule is CCOC(=O)C1=C(C)N=c2s/c(=C/c3cn(Cc4ccccc4Cl)c4ccccc34)c(=O)n2C1c1ccc(OCC)c(OCC)c1. The summed E-state index contributed by atoms with van der Waals surface area (Å²) in [6.07, 6.45) is 3.94. The highest BCUT2D eigenvalue weighted by molar-refractivity contribution is 7.07. The number of thiazole rings is 1. The molecule has 3 aromatic carbocycles. The molecule has 0 bridgehead atoms. The number of carbonyl (C=O) groups is 1. The number of esters is 1. The highest BCUT2D eigenvalue weighted by Crippen LogP contribution is 2.36. The van der Waals surface area contributed by atoms with Crippen molar-refractivity contribution in [3.05, 3.63) is 126 Å². The van der Waals surface area contributed by atoms with Gasteiger partial charge in [-0.25, -0.2) is 9.79 Å². The molecule has 0 saturated heterocycles. The highest BCUT2D eigenvalue weighted by atomic mass is 35.5. The Bertz CT molecular complexity index is 2160. The summed E-state index contributed by atoms with van der Waals surface area (Å²) < 4.78 is 21.4. The summed E-state index contributed by atoms with van der Waals surface area (Å²) in [7, 11) is 0. The lowest BCUT2D eigenvalue weighted by molar-refractivity contribution is -0.139. The first-order chi connectivity index (χ1) is 22.3. The molecule has 1 aliphatic heterocycles. The first-order valence-electron chi connectivity index (χ1n) is 15.2. The summed E-state index contributed by atoms with van der Waals surface area (Å²) >= 11 is 7.79. The molecule has 1 aliphatic rings. The van der Waals surface area contributed by atoms with Crippen LogP contribution >= 0.6 is 22.9 Å². The Morgan fingerprint density at radius 2 is 1.72 bits per heavy atom. The van der Waals surface area contributed by atoms with E-state index in [1.165, 1.54) is 11.3 Å². The molecule has 0 fully saturated rings. The molecule has 1 atom stereocenters. The molecule has 0 saturated carbocycles. The van der Waals surface area contributed by atoms with E-state index in [2.05, 4.69) is 10.6 Å². The van der Waals surface area contributed by atoms with Gasteiger partial charge in [0, 0.05) is 34.2 Å². The van der Waals surface area contributed by atoms with E-state index in [0.29, 0.717) is 62.4 Å². The first-order valence-corrected chi connectivity index (χ1v) is 16.4. The Kier molecular flexibility index (Phi) is 9.15. The Morgan fingerprint density at radius 1 is 0.978 bits per heavy atom. The largest absolute Gasteiger partial charge is 0.490 e. The molecule has 0 spiro atoms. The number of hydrogen-bond donors (Lipinski definition) is 0. The van der Waals surface area contributed by atoms with E-state index in [1.54, 1.807) is 18.4 Å². The van der Waals surface area contributed by atoms with Crippen LogP contribution in [0.1, 0.15) is 50.4 Å². The van der Waals surface area contributed by atoms with Crippen molar-refractivity contribution in [3.63, 3.8) is 0 Å². The average Bonchev–Trinajstić information content (AvgIpc) is 3.54. The average molecular weight is 656 g/mol. The van der Waals surface area contributed by atoms with Crippen LogP contribution in [0, 0.1) is 0 Å². The van der Waals surface area contributed by atoms with Gasteiger partial charge in [-0.3, -0.25) is 9.36 Å². The Morgan fingerprint density at radius 3 is 2.48 bits per heavy atom. The number of ether oxygens (including phenoxy) is 3. The van der Waals surface area contributed by atoms with Crippen LogP contribution in [0.3, 0.4) is 0 Å². The maximum Gasteiger partial charge on any atom is 0.338 e. The van der Waals surface area contributed by atoms with Crippen LogP contribution in [0.2, 0.25) is 5.02 Å². The fourth-order valence-electron chi connectivity index (χ4n) is 5.82. The van der Waals surface area contributed by atoms with Gasteiger partial charge in [0.2, 0.25) is 0 Å². The summed E-state index contributed by atoms with van der Waals surface area (Å²) in [6.45, 7) is 9.00. The molecule has 0 amide bonds. The summed E-state index contributed by atoms with van der Waals surface area (Å²) in [5.74, 6) is 0.609. The van der Waals surface area contributed by atoms with Gasteiger partial charge in [0.25, 0.3) is 5.56 Å². The van der Waals surface area contributed by atoms with Gasteiger partial charge < -0.3 is 18.8 Å². The number of allylic oxidation sites excluding steroid dienone is 1. The van der Waals surface area contributed by atoms with Gasteiger partial charge in [0.05, 0.1) is 41.7 Å². The number of fused-ring (bicyclic) bond motifs is 2. The number of hydrogen-bond acceptors (Lipinski definition) is 7. The molecule has 10 heteroatoms. The number of para-hydroxylation sites is 1. The van der Waals surface area contributed by atoms with Crippen LogP contribution < -0.4 is 24.4 Å². The van der Waals surface area contributed by atoms with Crippen molar-refractivity contribution >= 4 is 45.9 Å². The second kappa shape index (κ2) is 13.4. The maximum atomic E-state index is 14.3. The molecule has 0 N–H and O–H groups in total. The lowest BCUT2D eigenvalue weighted by Crippen LogP contribution is -2.40. The van der Waals surface area contributed by atoms with Gasteiger partial charge in [-0.05, 0) is 69.2 Å². The number of carbonyl (C=O) groups excluding carboxylic acids is 1. The zero-order chi connectivity index (χ0) is 32.4. The number of rotatable bonds is 10. The molecule has 6 rings (SSSR count). The Balaban J connectivity index is 1.52. The van der Waals surface area contributed by atoms with Crippen molar-refractivity contribution in [1.29, 1.82) is 0 Å². The lowest BCUT2D eigenvalue weighted by Gasteiger charge is -2.25. The second-order valence-electron chi connectivity index (χ2n) is 10.7. The van der Waals surface area contributed by atoms with Crippen molar-refractivity contribution in [3.8, 4) is 11.5 Å². The van der Waals surface area contributed by atoms with Crippen LogP contribution in [0.15, 0.2) is 94.0 Å². The smallest absolute Gasteiger partial charge is 0.338 e. The first kappa shape index (κ1) is 31.4. The van der Waals surface area contributed by atoms with E-state index in [9.17, 15) is 9.59 Å². The van der Waals surface area contributed by atoms with Gasteiger partial charge in [-0.1, -0.05) is 65.4 Å². The predicted octanol–water partition coefficient (Wildman–Crippen LogP) is 6.25. The minimum atomic E-state index is -0.770. The quantitative estimate of drug-likeness (QED) is 0.166. The topological polar surface area (TPSA) is 84.1 Å². The highest BCUT2D eigenvalue weighted by Gasteiger charge is 2.34. The van der Waals surface area contributed by atoms with Crippen molar-refractivity contribution in [2.45, 2.75) is 40.3 Å². The fraction of sp³-hybridized carbons (Fsp3) is 0.250. The normalized spacial score (nSPS) is 14.7. The van der Waals surface area contributed by atoms with Crippen molar-refractivity contribution < 1.29 is 19.0 Å². The van der Waals surface area contributed by atoms with Gasteiger partial charge in [-0.2, -0.15) is 0 Å². The van der Waals surface area contributed by atoms with E-state index in [-0.39, 0.29) is 12.2 Å². The van der Waals surface area contributed by atoms with Crippen LogP contribution in [-0.4, -0.2) is 34.9 Å². The monoisotopic (exact) mass is 655 g/mol. The van der Waals surface area contributed by atoms with Crippen LogP contribution in [0.4, 0.5) is 0 Å². The van der Waals surface area contributed by atoms with Crippen LogP contribution in [0.5, 0.6) is 11.5 Å². The third-order valence-electron chi connectivity index (χ3n) is 7.80. The fourth-order valence-corrected chi connectivity index (χ4v) is 7.05. The van der Waals surface area contributed by atoms with E-state index in [4.69, 9.17) is 30.8 Å². The Labute approximate surface area is 275 Å². The molecule has 2 aromatic heterocycles. The molecule has 46 heavy (non-hydrogen) atoms. The molecule has 1 unspecified atom stereocenters. The van der Waals surface area contributed by atoms with Crippen LogP contribution in [0.25, 0.3) is 17.0 Å². The van der Waals surface area contributed by atoms with Crippen molar-refractivity contribution in [1.82, 2.24) is 9.13 Å². The minimum absolute atomic E-state index is 0.193. The van der Waals surface area contributed by atoms with E-state index in [0.717, 1.165) is 22.0 Å². The maximum absolute atomic E-state index is 14.3. The molecular formula is C36H34ClN3O5S. The minimum Gasteiger partial charge on any atom is -0.490 e. The molecule has 0 radical (unpaired) electrons. The molecule has 0 aliphatic carbocycles. The zero-order valence-corrected chi connectivity index (χ0v) is 27.7. The molecular weight excluding hydrogens is 622 g/mol. The molecule has 8 nitrogen and oxygen atoms in total. The Hall–Kier alpha value is -4.60. The summed E-state index contributed by atoms with van der Waals surface area (Å²) in [5.41, 5.74) is 4.16. The van der Waals surface area contributed by atoms with Gasteiger partial charge in [-0.15, -0.1) is 0 Å². The van der Waals surface area contributed by atoms with Gasteiger partial charge in [0.1, 0.15) is 0 Å². The van der Waals surface area contributed by atoms with Crippen molar-refractivity contribution in [2.75, 3.05) is 19.8 Å². The number of nitrogens with zero attached hydrogens (tertiary/aromatic N) is 3. The summed E-state index contributed by atoms with van der Waals surface area (Å²) in [5, 5.41) is 1.71. The van der Waals surface area contributed by atoms with Gasteiger partial charge in [0.15, 0.2) is 16.3 Å². The van der Waals surface area contributed by atoms with Crippen LogP contribution in [-0.2, 0) is 16.1 Å². The summed E-state index contributed by atoms with van der Waals surface area (Å²) in [4.78, 5) is 32.9. The van der Waals surface area contributed by atoms with E-state index in [1.807, 2.05) is 86.8 Å². The lowest BCUT2D eigenvalue weighted by atomic mass is 9.95.